The van der Waals surface area contributed by atoms with Crippen molar-refractivity contribution in [1.82, 2.24) is 15.1 Å². The number of hydrogen-bond donors (Lipinski definition) is 7. The van der Waals surface area contributed by atoms with Gasteiger partial charge in [0.15, 0.2) is 5.96 Å². The molecular weight excluding hydrogens is 693 g/mol. The predicted molar refractivity (Wildman–Crippen MR) is 231 cm³/mol. The van der Waals surface area contributed by atoms with Crippen molar-refractivity contribution in [3.63, 3.8) is 0 Å². The van der Waals surface area contributed by atoms with Crippen LogP contribution in [0.15, 0.2) is 0 Å². The maximum atomic E-state index is 12.7. The Morgan fingerprint density at radius 1 is 0.509 bits per heavy atom. The third-order valence-electron chi connectivity index (χ3n) is 11.0. The third kappa shape index (κ3) is 33.2. The highest BCUT2D eigenvalue weighted by Gasteiger charge is 2.29. The molecular formula is C45H92N4O6. The lowest BCUT2D eigenvalue weighted by atomic mass is 10.0. The smallest absolute Gasteiger partial charge is 0.320 e. The number of aliphatic hydroxyl groups is 4. The number of rotatable bonds is 41. The van der Waals surface area contributed by atoms with E-state index in [9.17, 15) is 30.3 Å². The lowest BCUT2D eigenvalue weighted by Crippen LogP contribution is -2.49. The quantitative estimate of drug-likeness (QED) is 0.0182. The fourth-order valence-corrected chi connectivity index (χ4v) is 7.59. The van der Waals surface area contributed by atoms with E-state index in [0.29, 0.717) is 38.6 Å². The van der Waals surface area contributed by atoms with Crippen LogP contribution < -0.4 is 5.32 Å². The summed E-state index contributed by atoms with van der Waals surface area (Å²) in [6, 6.07) is -0.862. The molecule has 0 aromatic carbocycles. The summed E-state index contributed by atoms with van der Waals surface area (Å²) in [6.45, 7) is 9.60. The monoisotopic (exact) mass is 785 g/mol. The van der Waals surface area contributed by atoms with Gasteiger partial charge >= 0.3 is 5.97 Å². The molecule has 0 aromatic heterocycles. The number of carboxylic acid groups (broad SMARTS) is 1. The average Bonchev–Trinajstić information content (AvgIpc) is 3.14. The van der Waals surface area contributed by atoms with E-state index in [0.717, 1.165) is 51.4 Å². The van der Waals surface area contributed by atoms with E-state index in [2.05, 4.69) is 26.1 Å². The third-order valence-corrected chi connectivity index (χ3v) is 11.0. The van der Waals surface area contributed by atoms with Crippen LogP contribution in [0.4, 0.5) is 0 Å². The molecule has 0 aliphatic heterocycles. The molecule has 0 bridgehead atoms. The summed E-state index contributed by atoms with van der Waals surface area (Å²) >= 11 is 0. The summed E-state index contributed by atoms with van der Waals surface area (Å²) in [5.41, 5.74) is 0. The first-order valence-electron chi connectivity index (χ1n) is 23.3. The summed E-state index contributed by atoms with van der Waals surface area (Å²) in [4.78, 5) is 16.1. The average molecular weight is 785 g/mol. The van der Waals surface area contributed by atoms with Crippen molar-refractivity contribution in [3.8, 4) is 0 Å². The summed E-state index contributed by atoms with van der Waals surface area (Å²) in [6.07, 6.45) is 28.5. The first-order valence-corrected chi connectivity index (χ1v) is 23.3. The highest BCUT2D eigenvalue weighted by Crippen LogP contribution is 2.17. The minimum Gasteiger partial charge on any atom is -0.480 e. The van der Waals surface area contributed by atoms with E-state index in [-0.39, 0.29) is 32.1 Å². The predicted octanol–water partition coefficient (Wildman–Crippen LogP) is 9.40. The van der Waals surface area contributed by atoms with Gasteiger partial charge in [-0.3, -0.25) is 15.1 Å². The molecule has 328 valence electrons. The van der Waals surface area contributed by atoms with Crippen LogP contribution in [0, 0.1) is 5.41 Å². The fourth-order valence-electron chi connectivity index (χ4n) is 7.59. The van der Waals surface area contributed by atoms with Crippen LogP contribution in [0.3, 0.4) is 0 Å². The lowest BCUT2D eigenvalue weighted by molar-refractivity contribution is -0.144. The zero-order valence-electron chi connectivity index (χ0n) is 36.5. The molecule has 0 fully saturated rings. The zero-order valence-corrected chi connectivity index (χ0v) is 36.5. The number of aliphatic carboxylic acids is 1. The van der Waals surface area contributed by atoms with Crippen LogP contribution in [0.5, 0.6) is 0 Å². The Kier molecular flexibility index (Phi) is 37.1. The largest absolute Gasteiger partial charge is 0.480 e. The van der Waals surface area contributed by atoms with E-state index in [4.69, 9.17) is 5.41 Å². The molecule has 0 aromatic rings. The maximum Gasteiger partial charge on any atom is 0.320 e. The number of hydrogen-bond acceptors (Lipinski definition) is 7. The number of aliphatic hydroxyl groups excluding tert-OH is 4. The molecule has 0 aliphatic carbocycles. The van der Waals surface area contributed by atoms with Gasteiger partial charge in [0.2, 0.25) is 0 Å². The van der Waals surface area contributed by atoms with Gasteiger partial charge < -0.3 is 35.7 Å². The number of unbranched alkanes of at least 4 members (excludes halogenated alkanes) is 21. The molecule has 5 unspecified atom stereocenters. The Morgan fingerprint density at radius 2 is 0.855 bits per heavy atom. The second-order valence-electron chi connectivity index (χ2n) is 16.7. The Labute approximate surface area is 339 Å². The zero-order chi connectivity index (χ0) is 40.9. The molecule has 0 radical (unpaired) electrons. The maximum absolute atomic E-state index is 12.7. The Balaban J connectivity index is 5.11. The Bertz CT molecular complexity index is 837. The Hall–Kier alpha value is -1.46. The molecule has 7 N–H and O–H groups in total. The number of carboxylic acids is 1. The van der Waals surface area contributed by atoms with Gasteiger partial charge in [0.25, 0.3) is 0 Å². The van der Waals surface area contributed by atoms with Crippen LogP contribution in [0.25, 0.3) is 0 Å². The van der Waals surface area contributed by atoms with Gasteiger partial charge in [0.1, 0.15) is 6.04 Å². The molecule has 0 saturated heterocycles. The van der Waals surface area contributed by atoms with Crippen LogP contribution in [-0.2, 0) is 4.79 Å². The molecule has 0 spiro atoms. The van der Waals surface area contributed by atoms with Crippen LogP contribution in [0.1, 0.15) is 214 Å². The normalized spacial score (nSPS) is 14.5. The van der Waals surface area contributed by atoms with E-state index < -0.39 is 36.4 Å². The van der Waals surface area contributed by atoms with E-state index in [1.54, 1.807) is 16.7 Å². The van der Waals surface area contributed by atoms with Gasteiger partial charge in [-0.05, 0) is 39.0 Å². The SMILES string of the molecule is CCCCCCCCCCC(O)CN(CC(C)O)C(=N)NCCCC(C(=O)O)N(CC(O)CCCCCCCCCC)CC(O)CCCCCCCCCC. The van der Waals surface area contributed by atoms with Crippen molar-refractivity contribution >= 4 is 11.9 Å². The molecule has 55 heavy (non-hydrogen) atoms. The Morgan fingerprint density at radius 3 is 1.20 bits per heavy atom. The van der Waals surface area contributed by atoms with E-state index >= 15 is 0 Å². The van der Waals surface area contributed by atoms with Gasteiger partial charge in [-0.25, -0.2) is 0 Å². The molecule has 0 amide bonds. The van der Waals surface area contributed by atoms with Crippen molar-refractivity contribution in [2.75, 3.05) is 32.7 Å². The number of carbonyl (C=O) groups is 1. The highest BCUT2D eigenvalue weighted by atomic mass is 16.4. The molecule has 10 nitrogen and oxygen atoms in total. The lowest BCUT2D eigenvalue weighted by Gasteiger charge is -2.33. The van der Waals surface area contributed by atoms with Gasteiger partial charge in [-0.2, -0.15) is 0 Å². The minimum atomic E-state index is -0.964. The first kappa shape index (κ1) is 53.5. The minimum absolute atomic E-state index is 0.112. The summed E-state index contributed by atoms with van der Waals surface area (Å²) in [7, 11) is 0. The topological polar surface area (TPSA) is 161 Å². The molecule has 0 heterocycles. The summed E-state index contributed by atoms with van der Waals surface area (Å²) in [5.74, 6) is -0.852. The van der Waals surface area contributed by atoms with Crippen molar-refractivity contribution in [2.24, 2.45) is 0 Å². The second kappa shape index (κ2) is 38.1. The van der Waals surface area contributed by atoms with Gasteiger partial charge in [-0.1, -0.05) is 175 Å². The van der Waals surface area contributed by atoms with Crippen molar-refractivity contribution in [3.05, 3.63) is 0 Å². The van der Waals surface area contributed by atoms with Crippen LogP contribution in [-0.4, -0.2) is 110 Å². The first-order chi connectivity index (χ1) is 26.5. The van der Waals surface area contributed by atoms with Crippen LogP contribution >= 0.6 is 0 Å². The van der Waals surface area contributed by atoms with Gasteiger partial charge in [-0.15, -0.1) is 0 Å². The number of nitrogens with one attached hydrogen (secondary N) is 2. The van der Waals surface area contributed by atoms with Crippen molar-refractivity contribution in [1.29, 1.82) is 5.41 Å². The summed E-state index contributed by atoms with van der Waals surface area (Å²) < 4.78 is 0. The van der Waals surface area contributed by atoms with Crippen molar-refractivity contribution < 1.29 is 30.3 Å². The molecule has 0 rings (SSSR count). The number of guanidine groups is 1. The fraction of sp³-hybridized carbons (Fsp3) is 0.956. The van der Waals surface area contributed by atoms with E-state index in [1.807, 2.05) is 0 Å². The second-order valence-corrected chi connectivity index (χ2v) is 16.7. The highest BCUT2D eigenvalue weighted by molar-refractivity contribution is 5.76. The van der Waals surface area contributed by atoms with E-state index in [1.165, 1.54) is 103 Å². The van der Waals surface area contributed by atoms with Gasteiger partial charge in [0, 0.05) is 32.7 Å². The van der Waals surface area contributed by atoms with Crippen LogP contribution in [0.2, 0.25) is 0 Å². The molecule has 5 atom stereocenters. The standard InChI is InChI=1S/C45H92N4O6/c1-5-8-11-14-17-20-23-26-30-40(51)36-48(37-41(52)31-27-24-21-18-15-12-9-6-2)43(44(54)55)33-29-34-47-45(46)49(35-39(4)50)38-42(53)32-28-25-22-19-16-13-10-7-3/h39-43,50-53H,5-38H2,1-4H3,(H2,46,47)(H,54,55). The van der Waals surface area contributed by atoms with Gasteiger partial charge in [0.05, 0.1) is 24.4 Å². The molecule has 0 saturated carbocycles. The summed E-state index contributed by atoms with van der Waals surface area (Å²) in [5, 5.41) is 65.1. The molecule has 0 aliphatic rings. The number of nitrogens with zero attached hydrogens (tertiary/aromatic N) is 2. The van der Waals surface area contributed by atoms with Crippen molar-refractivity contribution in [2.45, 2.75) is 244 Å². The molecule has 10 heteroatoms.